The van der Waals surface area contributed by atoms with Crippen LogP contribution in [0.25, 0.3) is 0 Å². The van der Waals surface area contributed by atoms with Gasteiger partial charge in [-0.15, -0.1) is 0 Å². The van der Waals surface area contributed by atoms with Gasteiger partial charge in [0.1, 0.15) is 6.07 Å². The fourth-order valence-electron chi connectivity index (χ4n) is 4.14. The van der Waals surface area contributed by atoms with Gasteiger partial charge in [-0.3, -0.25) is 4.90 Å². The van der Waals surface area contributed by atoms with Gasteiger partial charge in [0.2, 0.25) is 0 Å². The van der Waals surface area contributed by atoms with Crippen LogP contribution in [-0.4, -0.2) is 24.5 Å². The molecule has 0 saturated heterocycles. The van der Waals surface area contributed by atoms with Crippen LogP contribution >= 0.6 is 0 Å². The highest BCUT2D eigenvalue weighted by molar-refractivity contribution is 5.56. The number of allylic oxidation sites excluding steroid dienone is 2. The zero-order valence-electron chi connectivity index (χ0n) is 14.0. The molecule has 2 rings (SSSR count). The zero-order valence-corrected chi connectivity index (χ0v) is 14.0. The Kier molecular flexibility index (Phi) is 4.79. The lowest BCUT2D eigenvalue weighted by Gasteiger charge is -2.47. The van der Waals surface area contributed by atoms with Gasteiger partial charge in [-0.2, -0.15) is 15.8 Å². The van der Waals surface area contributed by atoms with Crippen molar-refractivity contribution in [2.45, 2.75) is 27.2 Å². The first-order chi connectivity index (χ1) is 11.0. The summed E-state index contributed by atoms with van der Waals surface area (Å²) < 4.78 is 0. The molecule has 2 atom stereocenters. The molecular weight excluding hydrogens is 286 g/mol. The van der Waals surface area contributed by atoms with Crippen LogP contribution in [0.1, 0.15) is 27.2 Å². The van der Waals surface area contributed by atoms with Gasteiger partial charge < -0.3 is 5.73 Å². The average Bonchev–Trinajstić information content (AvgIpc) is 2.54. The summed E-state index contributed by atoms with van der Waals surface area (Å²) in [5, 5.41) is 29.1. The van der Waals surface area contributed by atoms with Crippen LogP contribution < -0.4 is 5.73 Å². The van der Waals surface area contributed by atoms with Crippen LogP contribution in [0.3, 0.4) is 0 Å². The molecule has 0 aromatic heterocycles. The van der Waals surface area contributed by atoms with Gasteiger partial charge in [0, 0.05) is 24.9 Å². The number of hydrogen-bond acceptors (Lipinski definition) is 5. The van der Waals surface area contributed by atoms with Gasteiger partial charge in [0.15, 0.2) is 5.41 Å². The van der Waals surface area contributed by atoms with Crippen molar-refractivity contribution >= 4 is 0 Å². The Morgan fingerprint density at radius 3 is 2.48 bits per heavy atom. The molecule has 0 aromatic carbocycles. The molecule has 120 valence electrons. The topological polar surface area (TPSA) is 101 Å². The predicted molar refractivity (Wildman–Crippen MR) is 87.1 cm³/mol. The molecule has 2 N–H and O–H groups in total. The van der Waals surface area contributed by atoms with E-state index in [1.807, 2.05) is 13.8 Å². The highest BCUT2D eigenvalue weighted by atomic mass is 15.1. The van der Waals surface area contributed by atoms with E-state index < -0.39 is 5.41 Å². The molecule has 0 bridgehead atoms. The highest BCUT2D eigenvalue weighted by Gasteiger charge is 2.54. The summed E-state index contributed by atoms with van der Waals surface area (Å²) in [4.78, 5) is 2.32. The lowest BCUT2D eigenvalue weighted by Crippen LogP contribution is -2.51. The van der Waals surface area contributed by atoms with E-state index in [9.17, 15) is 15.8 Å². The standard InChI is InChI=1S/C18H23N5/c1-4-6-23-7-5-13-14(8-19)17(22)18(10-20,11-21)16(12(2)3)15(13)9-23/h5,12,15-16H,4,6-7,9,22H2,1-3H3/t15-,16+/m0/s1. The summed E-state index contributed by atoms with van der Waals surface area (Å²) in [6.07, 6.45) is 3.11. The van der Waals surface area contributed by atoms with Crippen LogP contribution in [-0.2, 0) is 0 Å². The monoisotopic (exact) mass is 309 g/mol. The zero-order chi connectivity index (χ0) is 17.2. The Labute approximate surface area is 138 Å². The van der Waals surface area contributed by atoms with Gasteiger partial charge >= 0.3 is 0 Å². The molecule has 23 heavy (non-hydrogen) atoms. The molecule has 5 heteroatoms. The van der Waals surface area contributed by atoms with Gasteiger partial charge in [-0.1, -0.05) is 26.8 Å². The van der Waals surface area contributed by atoms with Crippen LogP contribution in [0.5, 0.6) is 0 Å². The second-order valence-corrected chi connectivity index (χ2v) is 6.73. The quantitative estimate of drug-likeness (QED) is 0.862. The maximum absolute atomic E-state index is 9.77. The van der Waals surface area contributed by atoms with Crippen molar-refractivity contribution in [1.82, 2.24) is 4.90 Å². The van der Waals surface area contributed by atoms with Crippen LogP contribution in [0.15, 0.2) is 22.9 Å². The first kappa shape index (κ1) is 17.1. The third kappa shape index (κ3) is 2.50. The van der Waals surface area contributed by atoms with E-state index in [1.54, 1.807) is 0 Å². The summed E-state index contributed by atoms with van der Waals surface area (Å²) in [7, 11) is 0. The molecule has 1 aliphatic heterocycles. The normalized spacial score (nSPS) is 26.7. The maximum atomic E-state index is 9.77. The number of nitrogens with two attached hydrogens (primary N) is 1. The number of rotatable bonds is 3. The van der Waals surface area contributed by atoms with Crippen molar-refractivity contribution in [3.05, 3.63) is 22.9 Å². The summed E-state index contributed by atoms with van der Waals surface area (Å²) in [5.41, 5.74) is 6.16. The molecule has 0 amide bonds. The van der Waals surface area contributed by atoms with Crippen molar-refractivity contribution in [1.29, 1.82) is 15.8 Å². The summed E-state index contributed by atoms with van der Waals surface area (Å²) in [6, 6.07) is 6.45. The predicted octanol–water partition coefficient (Wildman–Crippen LogP) is 2.31. The molecule has 0 fully saturated rings. The molecule has 0 aromatic rings. The minimum absolute atomic E-state index is 0.00319. The number of nitriles is 3. The van der Waals surface area contributed by atoms with Gasteiger partial charge in [0.05, 0.1) is 23.4 Å². The SMILES string of the molecule is CCCN1CC=C2C(C#N)=C(N)C(C#N)(C#N)[C@H](C(C)C)[C@H]2C1. The number of hydrogen-bond donors (Lipinski definition) is 1. The molecule has 0 spiro atoms. The van der Waals surface area contributed by atoms with Crippen LogP contribution in [0.4, 0.5) is 0 Å². The molecule has 0 saturated carbocycles. The maximum Gasteiger partial charge on any atom is 0.187 e. The Morgan fingerprint density at radius 1 is 1.35 bits per heavy atom. The van der Waals surface area contributed by atoms with Crippen LogP contribution in [0, 0.1) is 57.2 Å². The lowest BCUT2D eigenvalue weighted by molar-refractivity contribution is 0.131. The van der Waals surface area contributed by atoms with Crippen LogP contribution in [0.2, 0.25) is 0 Å². The van der Waals surface area contributed by atoms with Gasteiger partial charge in [-0.25, -0.2) is 0 Å². The average molecular weight is 309 g/mol. The molecule has 5 nitrogen and oxygen atoms in total. The molecule has 1 aliphatic carbocycles. The number of fused-ring (bicyclic) bond motifs is 1. The molecule has 1 heterocycles. The summed E-state index contributed by atoms with van der Waals surface area (Å²) >= 11 is 0. The van der Waals surface area contributed by atoms with Gasteiger partial charge in [-0.05, 0) is 24.5 Å². The lowest BCUT2D eigenvalue weighted by atomic mass is 9.57. The van der Waals surface area contributed by atoms with Crippen molar-refractivity contribution in [2.75, 3.05) is 19.6 Å². The third-order valence-electron chi connectivity index (χ3n) is 5.06. The largest absolute Gasteiger partial charge is 0.399 e. The summed E-state index contributed by atoms with van der Waals surface area (Å²) in [6.45, 7) is 8.71. The Morgan fingerprint density at radius 2 is 2.00 bits per heavy atom. The van der Waals surface area contributed by atoms with Crippen molar-refractivity contribution in [3.63, 3.8) is 0 Å². The minimum Gasteiger partial charge on any atom is -0.399 e. The van der Waals surface area contributed by atoms with Crippen molar-refractivity contribution in [2.24, 2.45) is 28.9 Å². The third-order valence-corrected chi connectivity index (χ3v) is 5.06. The van der Waals surface area contributed by atoms with E-state index >= 15 is 0 Å². The Balaban J connectivity index is 2.66. The smallest absolute Gasteiger partial charge is 0.187 e. The van der Waals surface area contributed by atoms with Crippen molar-refractivity contribution < 1.29 is 0 Å². The van der Waals surface area contributed by atoms with E-state index in [1.165, 1.54) is 0 Å². The summed E-state index contributed by atoms with van der Waals surface area (Å²) in [5.74, 6) is -0.0971. The molecule has 0 radical (unpaired) electrons. The van der Waals surface area contributed by atoms with Crippen molar-refractivity contribution in [3.8, 4) is 18.2 Å². The Bertz CT molecular complexity index is 651. The first-order valence-electron chi connectivity index (χ1n) is 8.12. The first-order valence-corrected chi connectivity index (χ1v) is 8.12. The molecular formula is C18H23N5. The Hall–Kier alpha value is -2.29. The second-order valence-electron chi connectivity index (χ2n) is 6.73. The molecule has 2 aliphatic rings. The van der Waals surface area contributed by atoms with Gasteiger partial charge in [0.25, 0.3) is 0 Å². The van der Waals surface area contributed by atoms with E-state index in [-0.39, 0.29) is 23.5 Å². The fraction of sp³-hybridized carbons (Fsp3) is 0.611. The second kappa shape index (κ2) is 6.45. The van der Waals surface area contributed by atoms with E-state index in [2.05, 4.69) is 36.1 Å². The highest BCUT2D eigenvalue weighted by Crippen LogP contribution is 2.51. The molecule has 0 unspecified atom stereocenters. The van der Waals surface area contributed by atoms with E-state index in [4.69, 9.17) is 5.73 Å². The van der Waals surface area contributed by atoms with E-state index in [0.29, 0.717) is 5.57 Å². The fourth-order valence-corrected chi connectivity index (χ4v) is 4.14. The number of nitrogens with zero attached hydrogens (tertiary/aromatic N) is 4. The minimum atomic E-state index is -1.42. The van der Waals surface area contributed by atoms with E-state index in [0.717, 1.165) is 31.6 Å².